The number of nitrogens with zero attached hydrogens (tertiary/aromatic N) is 1. The molecule has 1 aromatic carbocycles. The zero-order chi connectivity index (χ0) is 14.9. The fourth-order valence-electron chi connectivity index (χ4n) is 1.80. The van der Waals surface area contributed by atoms with E-state index in [0.29, 0.717) is 22.0 Å². The molecule has 7 heteroatoms. The van der Waals surface area contributed by atoms with Gasteiger partial charge in [-0.25, -0.2) is 4.79 Å². The average Bonchev–Trinajstić information content (AvgIpc) is 2.38. The Bertz CT molecular complexity index is 765. The minimum Gasteiger partial charge on any atom is -0.297 e. The SMILES string of the molecule is Cc1c(Cl)[nH]c(=O)n(CCc2ccc(Cl)cc2Cl)c1=O. The van der Waals surface area contributed by atoms with Crippen LogP contribution in [0.1, 0.15) is 11.1 Å². The van der Waals surface area contributed by atoms with Gasteiger partial charge in [0, 0.05) is 22.2 Å². The highest BCUT2D eigenvalue weighted by atomic mass is 35.5. The Morgan fingerprint density at radius 2 is 1.90 bits per heavy atom. The van der Waals surface area contributed by atoms with Gasteiger partial charge in [0.2, 0.25) is 0 Å². The number of rotatable bonds is 3. The van der Waals surface area contributed by atoms with Crippen LogP contribution in [0.4, 0.5) is 0 Å². The van der Waals surface area contributed by atoms with Gasteiger partial charge in [-0.15, -0.1) is 0 Å². The van der Waals surface area contributed by atoms with Crippen LogP contribution in [0.5, 0.6) is 0 Å². The van der Waals surface area contributed by atoms with Gasteiger partial charge in [-0.1, -0.05) is 40.9 Å². The molecule has 0 aliphatic heterocycles. The Morgan fingerprint density at radius 3 is 2.55 bits per heavy atom. The summed E-state index contributed by atoms with van der Waals surface area (Å²) in [6, 6.07) is 5.11. The van der Waals surface area contributed by atoms with Gasteiger partial charge in [0.05, 0.1) is 0 Å². The van der Waals surface area contributed by atoms with E-state index < -0.39 is 11.2 Å². The van der Waals surface area contributed by atoms with Crippen molar-refractivity contribution < 1.29 is 0 Å². The molecule has 106 valence electrons. The molecular weight excluding hydrogens is 323 g/mol. The number of benzene rings is 1. The molecule has 0 atom stereocenters. The minimum atomic E-state index is -0.532. The van der Waals surface area contributed by atoms with Gasteiger partial charge >= 0.3 is 5.69 Å². The van der Waals surface area contributed by atoms with Gasteiger partial charge in [0.1, 0.15) is 5.15 Å². The molecule has 0 unspecified atom stereocenters. The fourth-order valence-corrected chi connectivity index (χ4v) is 2.47. The van der Waals surface area contributed by atoms with Crippen LogP contribution in [0, 0.1) is 6.92 Å². The molecule has 0 bridgehead atoms. The topological polar surface area (TPSA) is 54.9 Å². The lowest BCUT2D eigenvalue weighted by atomic mass is 10.1. The maximum Gasteiger partial charge on any atom is 0.329 e. The lowest BCUT2D eigenvalue weighted by Crippen LogP contribution is -2.37. The monoisotopic (exact) mass is 332 g/mol. The zero-order valence-corrected chi connectivity index (χ0v) is 12.8. The summed E-state index contributed by atoms with van der Waals surface area (Å²) in [5.41, 5.74) is 0.197. The van der Waals surface area contributed by atoms with Crippen molar-refractivity contribution in [3.8, 4) is 0 Å². The summed E-state index contributed by atoms with van der Waals surface area (Å²) in [4.78, 5) is 26.1. The quantitative estimate of drug-likeness (QED) is 0.878. The normalized spacial score (nSPS) is 10.8. The number of H-pyrrole nitrogens is 1. The van der Waals surface area contributed by atoms with Crippen LogP contribution in [0.2, 0.25) is 15.2 Å². The molecule has 1 heterocycles. The van der Waals surface area contributed by atoms with Crippen LogP contribution >= 0.6 is 34.8 Å². The lowest BCUT2D eigenvalue weighted by molar-refractivity contribution is 0.623. The third-order valence-corrected chi connectivity index (χ3v) is 3.94. The van der Waals surface area contributed by atoms with Crippen molar-refractivity contribution in [1.29, 1.82) is 0 Å². The molecule has 4 nitrogen and oxygen atoms in total. The van der Waals surface area contributed by atoms with Gasteiger partial charge in [-0.3, -0.25) is 14.3 Å². The molecule has 0 saturated carbocycles. The summed E-state index contributed by atoms with van der Waals surface area (Å²) in [7, 11) is 0. The van der Waals surface area contributed by atoms with E-state index in [-0.39, 0.29) is 11.7 Å². The van der Waals surface area contributed by atoms with E-state index in [1.165, 1.54) is 0 Å². The Balaban J connectivity index is 2.30. The van der Waals surface area contributed by atoms with Crippen molar-refractivity contribution in [1.82, 2.24) is 9.55 Å². The third kappa shape index (κ3) is 3.08. The molecule has 0 saturated heterocycles. The van der Waals surface area contributed by atoms with Crippen LogP contribution in [0.25, 0.3) is 0 Å². The summed E-state index contributed by atoms with van der Waals surface area (Å²) >= 11 is 17.6. The second kappa shape index (κ2) is 6.04. The van der Waals surface area contributed by atoms with E-state index in [2.05, 4.69) is 4.98 Å². The summed E-state index contributed by atoms with van der Waals surface area (Å²) in [6.07, 6.45) is 0.445. The van der Waals surface area contributed by atoms with Crippen molar-refractivity contribution in [2.24, 2.45) is 0 Å². The molecule has 0 amide bonds. The van der Waals surface area contributed by atoms with Crippen molar-refractivity contribution in [3.05, 3.63) is 65.4 Å². The molecule has 0 fully saturated rings. The number of halogens is 3. The molecule has 2 aromatic rings. The van der Waals surface area contributed by atoms with Crippen LogP contribution < -0.4 is 11.2 Å². The summed E-state index contributed by atoms with van der Waals surface area (Å²) < 4.78 is 1.10. The highest BCUT2D eigenvalue weighted by molar-refractivity contribution is 6.35. The summed E-state index contributed by atoms with van der Waals surface area (Å²) in [5, 5.41) is 1.12. The average molecular weight is 334 g/mol. The Morgan fingerprint density at radius 1 is 1.20 bits per heavy atom. The molecule has 2 rings (SSSR count). The second-order valence-corrected chi connectivity index (χ2v) is 5.53. The smallest absolute Gasteiger partial charge is 0.297 e. The first-order valence-electron chi connectivity index (χ1n) is 5.83. The largest absolute Gasteiger partial charge is 0.329 e. The number of hydrogen-bond donors (Lipinski definition) is 1. The highest BCUT2D eigenvalue weighted by Crippen LogP contribution is 2.21. The van der Waals surface area contributed by atoms with E-state index in [9.17, 15) is 9.59 Å². The van der Waals surface area contributed by atoms with Crippen LogP contribution in [-0.4, -0.2) is 9.55 Å². The molecule has 0 spiro atoms. The van der Waals surface area contributed by atoms with E-state index in [1.807, 2.05) is 0 Å². The molecule has 1 aromatic heterocycles. The van der Waals surface area contributed by atoms with Crippen molar-refractivity contribution in [2.45, 2.75) is 19.9 Å². The highest BCUT2D eigenvalue weighted by Gasteiger charge is 2.09. The maximum atomic E-state index is 12.0. The first kappa shape index (κ1) is 15.2. The maximum absolute atomic E-state index is 12.0. The summed E-state index contributed by atoms with van der Waals surface area (Å²) in [6.45, 7) is 1.78. The van der Waals surface area contributed by atoms with Crippen LogP contribution in [0.3, 0.4) is 0 Å². The van der Waals surface area contributed by atoms with Crippen molar-refractivity contribution in [2.75, 3.05) is 0 Å². The molecule has 0 aliphatic carbocycles. The van der Waals surface area contributed by atoms with Gasteiger partial charge in [0.25, 0.3) is 5.56 Å². The minimum absolute atomic E-state index is 0.0702. The molecule has 1 N–H and O–H groups in total. The first-order valence-corrected chi connectivity index (χ1v) is 6.96. The van der Waals surface area contributed by atoms with Crippen molar-refractivity contribution >= 4 is 34.8 Å². The zero-order valence-electron chi connectivity index (χ0n) is 10.5. The van der Waals surface area contributed by atoms with Crippen LogP contribution in [0.15, 0.2) is 27.8 Å². The standard InChI is InChI=1S/C13H11Cl3N2O2/c1-7-11(16)17-13(20)18(12(7)19)5-4-8-2-3-9(14)6-10(8)15/h2-3,6H,4-5H2,1H3,(H,17,20). The Hall–Kier alpha value is -1.23. The van der Waals surface area contributed by atoms with Gasteiger partial charge in [-0.05, 0) is 31.0 Å². The van der Waals surface area contributed by atoms with E-state index in [0.717, 1.165) is 10.1 Å². The second-order valence-electron chi connectivity index (χ2n) is 4.31. The van der Waals surface area contributed by atoms with Crippen molar-refractivity contribution in [3.63, 3.8) is 0 Å². The predicted molar refractivity (Wildman–Crippen MR) is 81.2 cm³/mol. The van der Waals surface area contributed by atoms with E-state index in [1.54, 1.807) is 25.1 Å². The van der Waals surface area contributed by atoms with E-state index in [4.69, 9.17) is 34.8 Å². The van der Waals surface area contributed by atoms with Gasteiger partial charge < -0.3 is 0 Å². The number of aromatic nitrogens is 2. The fraction of sp³-hybridized carbons (Fsp3) is 0.231. The van der Waals surface area contributed by atoms with Gasteiger partial charge in [-0.2, -0.15) is 0 Å². The predicted octanol–water partition coefficient (Wildman–Crippen LogP) is 3.05. The Labute approximate surface area is 129 Å². The van der Waals surface area contributed by atoms with Crippen LogP contribution in [-0.2, 0) is 13.0 Å². The Kier molecular flexibility index (Phi) is 4.58. The lowest BCUT2D eigenvalue weighted by Gasteiger charge is -2.08. The summed E-state index contributed by atoms with van der Waals surface area (Å²) in [5.74, 6) is 0. The third-order valence-electron chi connectivity index (χ3n) is 2.98. The number of aryl methyl sites for hydroxylation is 1. The van der Waals surface area contributed by atoms with E-state index >= 15 is 0 Å². The molecule has 20 heavy (non-hydrogen) atoms. The molecule has 0 aliphatic rings. The molecule has 0 radical (unpaired) electrons. The first-order chi connectivity index (χ1) is 9.40. The number of nitrogens with one attached hydrogen (secondary N) is 1. The number of hydrogen-bond acceptors (Lipinski definition) is 2. The van der Waals surface area contributed by atoms with Gasteiger partial charge in [0.15, 0.2) is 0 Å². The number of aromatic amines is 1. The molecular formula is C13H11Cl3N2O2.